The zero-order valence-electron chi connectivity index (χ0n) is 17.5. The molecular formula is C21H26N2O5S. The summed E-state index contributed by atoms with van der Waals surface area (Å²) in [6.45, 7) is 11.4. The minimum atomic E-state index is -0.881. The normalized spacial score (nSPS) is 10.7. The molecule has 0 spiro atoms. The highest BCUT2D eigenvalue weighted by molar-refractivity contribution is 8.00. The summed E-state index contributed by atoms with van der Waals surface area (Å²) < 4.78 is 10.4. The van der Waals surface area contributed by atoms with Gasteiger partial charge in [0.1, 0.15) is 16.9 Å². The van der Waals surface area contributed by atoms with Gasteiger partial charge in [0.05, 0.1) is 12.4 Å². The van der Waals surface area contributed by atoms with E-state index < -0.39 is 11.9 Å². The van der Waals surface area contributed by atoms with E-state index in [1.165, 1.54) is 18.7 Å². The van der Waals surface area contributed by atoms with Crippen molar-refractivity contribution >= 4 is 35.4 Å². The number of esters is 1. The predicted molar refractivity (Wildman–Crippen MR) is 113 cm³/mol. The molecule has 1 aromatic carbocycles. The number of anilines is 1. The molecule has 3 N–H and O–H groups in total. The Morgan fingerprint density at radius 3 is 2.17 bits per heavy atom. The van der Waals surface area contributed by atoms with E-state index in [-0.39, 0.29) is 41.0 Å². The molecule has 7 nitrogen and oxygen atoms in total. The van der Waals surface area contributed by atoms with Gasteiger partial charge in [-0.15, -0.1) is 11.8 Å². The number of nitrogens with two attached hydrogens (primary N) is 1. The Morgan fingerprint density at radius 2 is 1.66 bits per heavy atom. The summed E-state index contributed by atoms with van der Waals surface area (Å²) in [6.07, 6.45) is 0. The number of benzene rings is 1. The Hall–Kier alpha value is -2.74. The molecule has 0 aliphatic rings. The number of amides is 2. The van der Waals surface area contributed by atoms with E-state index in [1.54, 1.807) is 6.92 Å². The Labute approximate surface area is 174 Å². The van der Waals surface area contributed by atoms with Crippen LogP contribution in [0.3, 0.4) is 0 Å². The van der Waals surface area contributed by atoms with E-state index in [0.29, 0.717) is 0 Å². The summed E-state index contributed by atoms with van der Waals surface area (Å²) in [5.74, 6) is -1.86. The van der Waals surface area contributed by atoms with Gasteiger partial charge in [-0.2, -0.15) is 0 Å². The van der Waals surface area contributed by atoms with E-state index >= 15 is 0 Å². The van der Waals surface area contributed by atoms with Crippen LogP contribution in [0.15, 0.2) is 15.4 Å². The maximum atomic E-state index is 12.5. The summed E-state index contributed by atoms with van der Waals surface area (Å²) in [7, 11) is 0. The van der Waals surface area contributed by atoms with Crippen LogP contribution in [0.5, 0.6) is 0 Å². The number of thioether (sulfide) groups is 1. The number of hydrogen-bond donors (Lipinski definition) is 2. The van der Waals surface area contributed by atoms with Crippen LogP contribution in [0.4, 0.5) is 5.88 Å². The summed E-state index contributed by atoms with van der Waals surface area (Å²) in [5.41, 5.74) is 9.74. The predicted octanol–water partition coefficient (Wildman–Crippen LogP) is 3.83. The van der Waals surface area contributed by atoms with Crippen LogP contribution in [-0.2, 0) is 9.53 Å². The zero-order chi connectivity index (χ0) is 21.9. The quantitative estimate of drug-likeness (QED) is 0.522. The molecule has 2 rings (SSSR count). The zero-order valence-corrected chi connectivity index (χ0v) is 18.3. The van der Waals surface area contributed by atoms with Crippen LogP contribution in [0.25, 0.3) is 0 Å². The van der Waals surface area contributed by atoms with Crippen molar-refractivity contribution in [3.8, 4) is 0 Å². The molecule has 2 aromatic rings. The third-order valence-electron chi connectivity index (χ3n) is 4.71. The second-order valence-corrected chi connectivity index (χ2v) is 7.73. The van der Waals surface area contributed by atoms with E-state index in [4.69, 9.17) is 14.9 Å². The average Bonchev–Trinajstić information content (AvgIpc) is 2.96. The first kappa shape index (κ1) is 22.5. The number of rotatable bonds is 7. The minimum Gasteiger partial charge on any atom is -0.462 e. The standard InChI is InChI=1S/C21H26N2O5S/c1-7-27-21(26)16-14(6)28-20(17(16)19(22)25)23-15(24)9-29-18-12(4)10(2)8-11(3)13(18)5/h8H,7,9H2,1-6H3,(H2,22,25)(H,23,24). The van der Waals surface area contributed by atoms with Crippen LogP contribution in [0.2, 0.25) is 0 Å². The molecule has 0 radical (unpaired) electrons. The average molecular weight is 419 g/mol. The van der Waals surface area contributed by atoms with Gasteiger partial charge in [-0.25, -0.2) is 4.79 Å². The molecule has 0 saturated carbocycles. The minimum absolute atomic E-state index is 0.0664. The molecule has 0 bridgehead atoms. The number of carbonyl (C=O) groups excluding carboxylic acids is 3. The topological polar surface area (TPSA) is 112 Å². The number of hydrogen-bond acceptors (Lipinski definition) is 6. The van der Waals surface area contributed by atoms with Crippen molar-refractivity contribution in [1.82, 2.24) is 0 Å². The Bertz CT molecular complexity index is 952. The Kier molecular flexibility index (Phi) is 7.13. The van der Waals surface area contributed by atoms with Crippen molar-refractivity contribution < 1.29 is 23.5 Å². The van der Waals surface area contributed by atoms with E-state index in [9.17, 15) is 14.4 Å². The molecule has 8 heteroatoms. The number of primary amides is 1. The smallest absolute Gasteiger partial charge is 0.342 e. The molecule has 0 aliphatic carbocycles. The van der Waals surface area contributed by atoms with Gasteiger partial charge in [-0.05, 0) is 63.8 Å². The molecule has 1 aromatic heterocycles. The molecule has 2 amide bonds. The summed E-state index contributed by atoms with van der Waals surface area (Å²) in [4.78, 5) is 37.6. The number of carbonyl (C=O) groups is 3. The van der Waals surface area contributed by atoms with Crippen molar-refractivity contribution in [2.24, 2.45) is 5.73 Å². The Morgan fingerprint density at radius 1 is 1.07 bits per heavy atom. The van der Waals surface area contributed by atoms with Gasteiger partial charge in [0.15, 0.2) is 0 Å². The first-order valence-corrected chi connectivity index (χ1v) is 10.2. The van der Waals surface area contributed by atoms with Crippen molar-refractivity contribution in [3.63, 3.8) is 0 Å². The monoisotopic (exact) mass is 418 g/mol. The van der Waals surface area contributed by atoms with Crippen LogP contribution < -0.4 is 11.1 Å². The maximum absolute atomic E-state index is 12.5. The van der Waals surface area contributed by atoms with Crippen LogP contribution in [0, 0.1) is 34.6 Å². The van der Waals surface area contributed by atoms with E-state index in [0.717, 1.165) is 27.1 Å². The fraction of sp³-hybridized carbons (Fsp3) is 0.381. The molecule has 29 heavy (non-hydrogen) atoms. The first-order chi connectivity index (χ1) is 13.6. The van der Waals surface area contributed by atoms with Crippen molar-refractivity contribution in [2.75, 3.05) is 17.7 Å². The van der Waals surface area contributed by atoms with E-state index in [1.807, 2.05) is 27.7 Å². The lowest BCUT2D eigenvalue weighted by atomic mass is 10.0. The fourth-order valence-corrected chi connectivity index (χ4v) is 4.12. The van der Waals surface area contributed by atoms with Gasteiger partial charge in [0.25, 0.3) is 5.91 Å². The number of ether oxygens (including phenoxy) is 1. The summed E-state index contributed by atoms with van der Waals surface area (Å²) in [6, 6.07) is 2.12. The molecule has 156 valence electrons. The lowest BCUT2D eigenvalue weighted by Crippen LogP contribution is -2.21. The van der Waals surface area contributed by atoms with Crippen LogP contribution >= 0.6 is 11.8 Å². The van der Waals surface area contributed by atoms with Gasteiger partial charge in [-0.1, -0.05) is 6.07 Å². The largest absolute Gasteiger partial charge is 0.462 e. The van der Waals surface area contributed by atoms with E-state index in [2.05, 4.69) is 11.4 Å². The van der Waals surface area contributed by atoms with Gasteiger partial charge >= 0.3 is 5.97 Å². The van der Waals surface area contributed by atoms with Crippen molar-refractivity contribution in [2.45, 2.75) is 46.4 Å². The van der Waals surface area contributed by atoms with Gasteiger partial charge < -0.3 is 14.9 Å². The lowest BCUT2D eigenvalue weighted by molar-refractivity contribution is -0.113. The second-order valence-electron chi connectivity index (χ2n) is 6.75. The van der Waals surface area contributed by atoms with Crippen molar-refractivity contribution in [1.29, 1.82) is 0 Å². The number of furan rings is 1. The SMILES string of the molecule is CCOC(=O)c1c(C)oc(NC(=O)CSc2c(C)c(C)cc(C)c2C)c1C(N)=O. The fourth-order valence-electron chi connectivity index (χ4n) is 3.01. The van der Waals surface area contributed by atoms with Gasteiger partial charge in [0, 0.05) is 4.90 Å². The third-order valence-corrected chi connectivity index (χ3v) is 6.02. The molecule has 0 saturated heterocycles. The summed E-state index contributed by atoms with van der Waals surface area (Å²) in [5, 5.41) is 2.55. The molecule has 0 fully saturated rings. The maximum Gasteiger partial charge on any atom is 0.342 e. The highest BCUT2D eigenvalue weighted by Crippen LogP contribution is 2.32. The molecule has 0 aliphatic heterocycles. The first-order valence-electron chi connectivity index (χ1n) is 9.18. The molecular weight excluding hydrogens is 392 g/mol. The number of nitrogens with one attached hydrogen (secondary N) is 1. The highest BCUT2D eigenvalue weighted by atomic mass is 32.2. The van der Waals surface area contributed by atoms with Crippen LogP contribution in [0.1, 0.15) is 55.7 Å². The number of aryl methyl sites for hydroxylation is 3. The van der Waals surface area contributed by atoms with Gasteiger partial charge in [0.2, 0.25) is 11.8 Å². The molecule has 1 heterocycles. The molecule has 0 atom stereocenters. The second kappa shape index (κ2) is 9.17. The van der Waals surface area contributed by atoms with Crippen LogP contribution in [-0.4, -0.2) is 30.1 Å². The lowest BCUT2D eigenvalue weighted by Gasteiger charge is -2.14. The molecule has 0 unspecified atom stereocenters. The highest BCUT2D eigenvalue weighted by Gasteiger charge is 2.29. The van der Waals surface area contributed by atoms with Crippen molar-refractivity contribution in [3.05, 3.63) is 45.2 Å². The van der Waals surface area contributed by atoms with Gasteiger partial charge in [-0.3, -0.25) is 14.9 Å². The third kappa shape index (κ3) is 4.82. The summed E-state index contributed by atoms with van der Waals surface area (Å²) >= 11 is 1.41. The Balaban J connectivity index is 2.23.